The van der Waals surface area contributed by atoms with Crippen LogP contribution in [0.1, 0.15) is 62.7 Å². The molecule has 1 aliphatic carbocycles. The zero-order valence-electron chi connectivity index (χ0n) is 15.5. The third kappa shape index (κ3) is 4.29. The predicted octanol–water partition coefficient (Wildman–Crippen LogP) is 5.04. The van der Waals surface area contributed by atoms with Gasteiger partial charge in [0.25, 0.3) is 5.91 Å². The lowest BCUT2D eigenvalue weighted by Crippen LogP contribution is -2.47. The monoisotopic (exact) mass is 374 g/mol. The number of benzene rings is 1. The number of likely N-dealkylation sites (tertiary alicyclic amines) is 1. The number of carbonyl (C=O) groups excluding carboxylic acids is 2. The zero-order valence-corrected chi connectivity index (χ0v) is 16.3. The van der Waals surface area contributed by atoms with Gasteiger partial charge in [0.1, 0.15) is 0 Å². The Morgan fingerprint density at radius 1 is 1.19 bits per heavy atom. The first-order valence-corrected chi connectivity index (χ1v) is 9.92. The van der Waals surface area contributed by atoms with Crippen LogP contribution in [0, 0.1) is 5.92 Å². The van der Waals surface area contributed by atoms with E-state index in [0.29, 0.717) is 28.6 Å². The molecule has 0 spiro atoms. The van der Waals surface area contributed by atoms with E-state index >= 15 is 0 Å². The molecule has 1 aromatic rings. The highest BCUT2D eigenvalue weighted by Gasteiger charge is 2.31. The number of anilines is 1. The number of rotatable bonds is 4. The largest absolute Gasteiger partial charge is 0.333 e. The van der Waals surface area contributed by atoms with Crippen LogP contribution in [-0.2, 0) is 4.79 Å². The summed E-state index contributed by atoms with van der Waals surface area (Å²) in [5, 5.41) is 3.44. The van der Waals surface area contributed by atoms with Crippen molar-refractivity contribution in [2.24, 2.45) is 5.92 Å². The van der Waals surface area contributed by atoms with E-state index < -0.39 is 0 Å². The summed E-state index contributed by atoms with van der Waals surface area (Å²) < 4.78 is 0. The van der Waals surface area contributed by atoms with Crippen molar-refractivity contribution in [1.29, 1.82) is 0 Å². The second kappa shape index (κ2) is 8.26. The van der Waals surface area contributed by atoms with Crippen molar-refractivity contribution >= 4 is 29.1 Å². The molecule has 4 nitrogen and oxygen atoms in total. The maximum atomic E-state index is 13.2. The molecule has 1 aliphatic heterocycles. The number of nitrogens with one attached hydrogen (secondary N) is 1. The van der Waals surface area contributed by atoms with Crippen LogP contribution in [0.3, 0.4) is 0 Å². The topological polar surface area (TPSA) is 49.4 Å². The molecule has 3 atom stereocenters. The Kier molecular flexibility index (Phi) is 6.02. The van der Waals surface area contributed by atoms with E-state index in [2.05, 4.69) is 31.3 Å². The Morgan fingerprint density at radius 3 is 2.58 bits per heavy atom. The van der Waals surface area contributed by atoms with E-state index in [0.717, 1.165) is 32.1 Å². The van der Waals surface area contributed by atoms with Gasteiger partial charge >= 0.3 is 0 Å². The number of hydrogen-bond acceptors (Lipinski definition) is 2. The van der Waals surface area contributed by atoms with Crippen LogP contribution in [0.5, 0.6) is 0 Å². The fraction of sp³-hybridized carbons (Fsp3) is 0.524. The molecule has 0 radical (unpaired) electrons. The molecule has 1 aromatic carbocycles. The molecule has 26 heavy (non-hydrogen) atoms. The van der Waals surface area contributed by atoms with Gasteiger partial charge in [-0.1, -0.05) is 23.8 Å². The van der Waals surface area contributed by atoms with Crippen LogP contribution in [0.4, 0.5) is 5.69 Å². The van der Waals surface area contributed by atoms with Crippen molar-refractivity contribution in [2.45, 2.75) is 64.5 Å². The number of carbonyl (C=O) groups is 2. The first kappa shape index (κ1) is 19.0. The summed E-state index contributed by atoms with van der Waals surface area (Å²) in [6, 6.07) is 5.50. The molecule has 140 valence electrons. The van der Waals surface area contributed by atoms with Crippen LogP contribution in [0.15, 0.2) is 30.4 Å². The molecule has 1 fully saturated rings. The van der Waals surface area contributed by atoms with Crippen LogP contribution < -0.4 is 5.32 Å². The minimum absolute atomic E-state index is 0.0525. The first-order valence-electron chi connectivity index (χ1n) is 9.54. The SMILES string of the molecule is C[C@@H]1CCC[C@@H](C)N1C(=O)c1cc(Cl)ccc1NC(=O)C[C@@H]1C=CCC1. The van der Waals surface area contributed by atoms with Crippen molar-refractivity contribution in [3.63, 3.8) is 0 Å². The smallest absolute Gasteiger partial charge is 0.256 e. The maximum Gasteiger partial charge on any atom is 0.256 e. The van der Waals surface area contributed by atoms with Gasteiger partial charge in [0.05, 0.1) is 11.3 Å². The minimum atomic E-state index is -0.0577. The highest BCUT2D eigenvalue weighted by Crippen LogP contribution is 2.29. The van der Waals surface area contributed by atoms with E-state index in [-0.39, 0.29) is 23.9 Å². The second-order valence-electron chi connectivity index (χ2n) is 7.55. The fourth-order valence-corrected chi connectivity index (χ4v) is 4.24. The lowest BCUT2D eigenvalue weighted by atomic mass is 9.96. The average molecular weight is 375 g/mol. The average Bonchev–Trinajstić information content (AvgIpc) is 3.09. The summed E-state index contributed by atoms with van der Waals surface area (Å²) in [5.41, 5.74) is 1.03. The van der Waals surface area contributed by atoms with Gasteiger partial charge in [0.15, 0.2) is 0 Å². The number of halogens is 1. The summed E-state index contributed by atoms with van der Waals surface area (Å²) in [6.07, 6.45) is 9.87. The molecule has 5 heteroatoms. The Balaban J connectivity index is 1.79. The zero-order chi connectivity index (χ0) is 18.7. The van der Waals surface area contributed by atoms with Gasteiger partial charge in [-0.25, -0.2) is 0 Å². The molecule has 1 saturated heterocycles. The quantitative estimate of drug-likeness (QED) is 0.750. The number of allylic oxidation sites excluding steroid dienone is 2. The van der Waals surface area contributed by atoms with E-state index in [1.165, 1.54) is 0 Å². The Bertz CT molecular complexity index is 706. The van der Waals surface area contributed by atoms with Crippen molar-refractivity contribution in [3.8, 4) is 0 Å². The molecule has 2 amide bonds. The van der Waals surface area contributed by atoms with Gasteiger partial charge in [0, 0.05) is 23.5 Å². The molecular formula is C21H27ClN2O2. The van der Waals surface area contributed by atoms with Gasteiger partial charge in [-0.2, -0.15) is 0 Å². The third-order valence-electron chi connectivity index (χ3n) is 5.47. The van der Waals surface area contributed by atoms with Gasteiger partial charge in [-0.05, 0) is 70.1 Å². The van der Waals surface area contributed by atoms with Gasteiger partial charge in [-0.3, -0.25) is 9.59 Å². The Morgan fingerprint density at radius 2 is 1.92 bits per heavy atom. The molecule has 0 bridgehead atoms. The van der Waals surface area contributed by atoms with Crippen LogP contribution in [-0.4, -0.2) is 28.8 Å². The van der Waals surface area contributed by atoms with E-state index in [1.807, 2.05) is 4.90 Å². The summed E-state index contributed by atoms with van der Waals surface area (Å²) in [7, 11) is 0. The third-order valence-corrected chi connectivity index (χ3v) is 5.71. The molecule has 1 heterocycles. The molecule has 2 aliphatic rings. The van der Waals surface area contributed by atoms with Crippen LogP contribution in [0.2, 0.25) is 5.02 Å². The van der Waals surface area contributed by atoms with E-state index in [1.54, 1.807) is 18.2 Å². The standard InChI is InChI=1S/C21H27ClN2O2/c1-14-6-5-7-15(2)24(14)21(26)18-13-17(22)10-11-19(18)23-20(25)12-16-8-3-4-9-16/h3,8,10-11,13-16H,4-7,9,12H2,1-2H3,(H,23,25)/t14-,15-,16-/m1/s1. The normalized spacial score (nSPS) is 25.3. The number of piperidine rings is 1. The summed E-state index contributed by atoms with van der Waals surface area (Å²) in [6.45, 7) is 4.17. The molecular weight excluding hydrogens is 348 g/mol. The maximum absolute atomic E-state index is 13.2. The van der Waals surface area contributed by atoms with Gasteiger partial charge in [-0.15, -0.1) is 0 Å². The van der Waals surface area contributed by atoms with E-state index in [4.69, 9.17) is 11.6 Å². The molecule has 0 saturated carbocycles. The Hall–Kier alpha value is -1.81. The molecule has 3 rings (SSSR count). The van der Waals surface area contributed by atoms with Crippen LogP contribution >= 0.6 is 11.6 Å². The van der Waals surface area contributed by atoms with Crippen LogP contribution in [0.25, 0.3) is 0 Å². The van der Waals surface area contributed by atoms with Gasteiger partial charge < -0.3 is 10.2 Å². The molecule has 1 N–H and O–H groups in total. The van der Waals surface area contributed by atoms with Crippen molar-refractivity contribution in [2.75, 3.05) is 5.32 Å². The predicted molar refractivity (Wildman–Crippen MR) is 106 cm³/mol. The summed E-state index contributed by atoms with van der Waals surface area (Å²) >= 11 is 6.15. The summed E-state index contributed by atoms with van der Waals surface area (Å²) in [5.74, 6) is 0.185. The van der Waals surface area contributed by atoms with Crippen molar-refractivity contribution in [3.05, 3.63) is 40.9 Å². The first-order chi connectivity index (χ1) is 12.5. The molecule has 0 unspecified atom stereocenters. The number of nitrogens with zero attached hydrogens (tertiary/aromatic N) is 1. The Labute approximate surface area is 160 Å². The lowest BCUT2D eigenvalue weighted by Gasteiger charge is -2.39. The molecule has 0 aromatic heterocycles. The van der Waals surface area contributed by atoms with Gasteiger partial charge in [0.2, 0.25) is 5.91 Å². The van der Waals surface area contributed by atoms with Crippen molar-refractivity contribution in [1.82, 2.24) is 4.90 Å². The second-order valence-corrected chi connectivity index (χ2v) is 7.99. The van der Waals surface area contributed by atoms with Crippen molar-refractivity contribution < 1.29 is 9.59 Å². The summed E-state index contributed by atoms with van der Waals surface area (Å²) in [4.78, 5) is 27.6. The highest BCUT2D eigenvalue weighted by molar-refractivity contribution is 6.31. The fourth-order valence-electron chi connectivity index (χ4n) is 4.07. The highest BCUT2D eigenvalue weighted by atomic mass is 35.5. The number of hydrogen-bond donors (Lipinski definition) is 1. The lowest BCUT2D eigenvalue weighted by molar-refractivity contribution is -0.116. The minimum Gasteiger partial charge on any atom is -0.333 e. The number of amides is 2. The van der Waals surface area contributed by atoms with E-state index in [9.17, 15) is 9.59 Å².